The van der Waals surface area contributed by atoms with E-state index in [2.05, 4.69) is 5.32 Å². The Kier molecular flexibility index (Phi) is 4.49. The molecule has 2 unspecified atom stereocenters. The van der Waals surface area contributed by atoms with Gasteiger partial charge in [0.2, 0.25) is 0 Å². The van der Waals surface area contributed by atoms with Crippen molar-refractivity contribution in [3.63, 3.8) is 0 Å². The first-order chi connectivity index (χ1) is 7.43. The Morgan fingerprint density at radius 3 is 2.81 bits per heavy atom. The van der Waals surface area contributed by atoms with Gasteiger partial charge in [-0.05, 0) is 13.8 Å². The Bertz CT molecular complexity index is 374. The summed E-state index contributed by atoms with van der Waals surface area (Å²) in [4.78, 5) is 11.2. The Labute approximate surface area is 95.8 Å². The minimum atomic E-state index is -3.04. The van der Waals surface area contributed by atoms with Crippen molar-refractivity contribution in [2.45, 2.75) is 32.4 Å². The molecule has 0 aromatic rings. The highest BCUT2D eigenvalue weighted by molar-refractivity contribution is 7.94. The lowest BCUT2D eigenvalue weighted by Crippen LogP contribution is -2.38. The molecule has 0 saturated carbocycles. The lowest BCUT2D eigenvalue weighted by molar-refractivity contribution is -0.143. The highest BCUT2D eigenvalue weighted by atomic mass is 32.2. The monoisotopic (exact) mass is 247 g/mol. The summed E-state index contributed by atoms with van der Waals surface area (Å²) in [7, 11) is -3.04. The maximum Gasteiger partial charge on any atom is 0.307 e. The van der Waals surface area contributed by atoms with Crippen LogP contribution < -0.4 is 5.32 Å². The Morgan fingerprint density at radius 1 is 1.62 bits per heavy atom. The van der Waals surface area contributed by atoms with Crippen molar-refractivity contribution in [2.24, 2.45) is 0 Å². The summed E-state index contributed by atoms with van der Waals surface area (Å²) in [6.07, 6.45) is 1.86. The number of nitrogens with one attached hydrogen (secondary N) is 1. The Morgan fingerprint density at radius 2 is 2.31 bits per heavy atom. The zero-order valence-electron chi connectivity index (χ0n) is 9.47. The van der Waals surface area contributed by atoms with E-state index >= 15 is 0 Å². The first kappa shape index (κ1) is 13.2. The first-order valence-corrected chi connectivity index (χ1v) is 6.97. The van der Waals surface area contributed by atoms with Crippen LogP contribution in [0.1, 0.15) is 20.3 Å². The zero-order chi connectivity index (χ0) is 12.2. The van der Waals surface area contributed by atoms with Crippen molar-refractivity contribution in [3.05, 3.63) is 11.5 Å². The van der Waals surface area contributed by atoms with Crippen LogP contribution in [0, 0.1) is 0 Å². The predicted molar refractivity (Wildman–Crippen MR) is 60.6 cm³/mol. The van der Waals surface area contributed by atoms with E-state index < -0.39 is 9.84 Å². The van der Waals surface area contributed by atoms with Gasteiger partial charge >= 0.3 is 5.97 Å². The normalized spacial score (nSPS) is 24.2. The summed E-state index contributed by atoms with van der Waals surface area (Å²) in [6, 6.07) is -0.295. The van der Waals surface area contributed by atoms with E-state index in [4.69, 9.17) is 4.74 Å². The molecule has 0 aromatic heterocycles. The molecular formula is C10H17NO4S. The lowest BCUT2D eigenvalue weighted by Gasteiger charge is -2.16. The number of sulfone groups is 1. The molecule has 0 bridgehead atoms. The van der Waals surface area contributed by atoms with Crippen LogP contribution in [0.4, 0.5) is 0 Å². The molecule has 0 amide bonds. The van der Waals surface area contributed by atoms with Crippen LogP contribution in [0.5, 0.6) is 0 Å². The molecule has 0 saturated heterocycles. The third kappa shape index (κ3) is 4.32. The molecule has 5 nitrogen and oxygen atoms in total. The summed E-state index contributed by atoms with van der Waals surface area (Å²) >= 11 is 0. The maximum atomic E-state index is 11.2. The molecule has 92 valence electrons. The number of rotatable bonds is 5. The standard InChI is InChI=1S/C10H17NO4S/c1-3-15-10(12)6-8(2)11-9-4-5-16(13,14)7-9/h4-5,8-9,11H,3,6-7H2,1-2H3. The van der Waals surface area contributed by atoms with Gasteiger partial charge in [-0.25, -0.2) is 8.42 Å². The summed E-state index contributed by atoms with van der Waals surface area (Å²) in [5.74, 6) is -0.201. The van der Waals surface area contributed by atoms with Gasteiger partial charge in [0, 0.05) is 17.5 Å². The SMILES string of the molecule is CCOC(=O)CC(C)NC1C=CS(=O)(=O)C1. The average molecular weight is 247 g/mol. The van der Waals surface area contributed by atoms with E-state index in [1.807, 2.05) is 6.92 Å². The molecule has 1 rings (SSSR count). The fraction of sp³-hybridized carbons (Fsp3) is 0.700. The number of esters is 1. The van der Waals surface area contributed by atoms with Gasteiger partial charge in [-0.2, -0.15) is 0 Å². The highest BCUT2D eigenvalue weighted by Crippen LogP contribution is 2.09. The minimum Gasteiger partial charge on any atom is -0.466 e. The fourth-order valence-corrected chi connectivity index (χ4v) is 2.82. The minimum absolute atomic E-state index is 0.0696. The van der Waals surface area contributed by atoms with Crippen LogP contribution in [0.25, 0.3) is 0 Å². The second-order valence-corrected chi connectivity index (χ2v) is 5.77. The molecule has 6 heteroatoms. The molecular weight excluding hydrogens is 230 g/mol. The van der Waals surface area contributed by atoms with E-state index in [9.17, 15) is 13.2 Å². The fourth-order valence-electron chi connectivity index (χ4n) is 1.57. The van der Waals surface area contributed by atoms with Crippen molar-refractivity contribution < 1.29 is 17.9 Å². The van der Waals surface area contributed by atoms with Gasteiger partial charge in [0.25, 0.3) is 0 Å². The van der Waals surface area contributed by atoms with E-state index in [0.29, 0.717) is 6.61 Å². The van der Waals surface area contributed by atoms with Crippen molar-refractivity contribution in [1.82, 2.24) is 5.32 Å². The van der Waals surface area contributed by atoms with Crippen molar-refractivity contribution >= 4 is 15.8 Å². The molecule has 0 fully saturated rings. The van der Waals surface area contributed by atoms with Gasteiger partial charge in [-0.3, -0.25) is 4.79 Å². The third-order valence-corrected chi connectivity index (χ3v) is 3.60. The number of hydrogen-bond acceptors (Lipinski definition) is 5. The second kappa shape index (κ2) is 5.45. The summed E-state index contributed by atoms with van der Waals surface area (Å²) in [5, 5.41) is 4.27. The van der Waals surface area contributed by atoms with E-state index in [1.165, 1.54) is 5.41 Å². The van der Waals surface area contributed by atoms with Gasteiger partial charge in [0.05, 0.1) is 18.8 Å². The van der Waals surface area contributed by atoms with Crippen LogP contribution in [0.3, 0.4) is 0 Å². The van der Waals surface area contributed by atoms with Crippen LogP contribution in [-0.2, 0) is 19.4 Å². The van der Waals surface area contributed by atoms with E-state index in [0.717, 1.165) is 0 Å². The van der Waals surface area contributed by atoms with Crippen molar-refractivity contribution in [3.8, 4) is 0 Å². The van der Waals surface area contributed by atoms with E-state index in [-0.39, 0.29) is 30.2 Å². The summed E-state index contributed by atoms with van der Waals surface area (Å²) in [6.45, 7) is 3.95. The smallest absolute Gasteiger partial charge is 0.307 e. The molecule has 2 atom stereocenters. The van der Waals surface area contributed by atoms with Crippen LogP contribution in [-0.4, -0.2) is 38.8 Å². The van der Waals surface area contributed by atoms with Crippen molar-refractivity contribution in [2.75, 3.05) is 12.4 Å². The maximum absolute atomic E-state index is 11.2. The predicted octanol–water partition coefficient (Wildman–Crippen LogP) is 0.228. The molecule has 1 aliphatic heterocycles. The van der Waals surface area contributed by atoms with Crippen LogP contribution >= 0.6 is 0 Å². The molecule has 0 aliphatic carbocycles. The molecule has 0 radical (unpaired) electrons. The quantitative estimate of drug-likeness (QED) is 0.704. The van der Waals surface area contributed by atoms with Gasteiger partial charge in [0.15, 0.2) is 9.84 Å². The van der Waals surface area contributed by atoms with Gasteiger partial charge in [-0.1, -0.05) is 6.08 Å². The highest BCUT2D eigenvalue weighted by Gasteiger charge is 2.23. The number of carbonyl (C=O) groups excluding carboxylic acids is 1. The topological polar surface area (TPSA) is 72.5 Å². The molecule has 0 aromatic carbocycles. The van der Waals surface area contributed by atoms with Crippen LogP contribution in [0.15, 0.2) is 11.5 Å². The largest absolute Gasteiger partial charge is 0.466 e. The Balaban J connectivity index is 2.33. The van der Waals surface area contributed by atoms with Gasteiger partial charge in [0.1, 0.15) is 0 Å². The molecule has 1 heterocycles. The Hall–Kier alpha value is -0.880. The number of ether oxygens (including phenoxy) is 1. The zero-order valence-corrected chi connectivity index (χ0v) is 10.3. The second-order valence-electron chi connectivity index (χ2n) is 3.84. The number of carbonyl (C=O) groups is 1. The molecule has 1 aliphatic rings. The van der Waals surface area contributed by atoms with Crippen molar-refractivity contribution in [1.29, 1.82) is 0 Å². The van der Waals surface area contributed by atoms with Crippen LogP contribution in [0.2, 0.25) is 0 Å². The number of hydrogen-bond donors (Lipinski definition) is 1. The lowest BCUT2D eigenvalue weighted by atomic mass is 10.2. The summed E-state index contributed by atoms with van der Waals surface area (Å²) < 4.78 is 27.1. The van der Waals surface area contributed by atoms with E-state index in [1.54, 1.807) is 13.0 Å². The molecule has 1 N–H and O–H groups in total. The summed E-state index contributed by atoms with van der Waals surface area (Å²) in [5.41, 5.74) is 0. The third-order valence-electron chi connectivity index (χ3n) is 2.21. The first-order valence-electron chi connectivity index (χ1n) is 5.25. The van der Waals surface area contributed by atoms with Gasteiger partial charge in [-0.15, -0.1) is 0 Å². The average Bonchev–Trinajstić information content (AvgIpc) is 2.45. The molecule has 16 heavy (non-hydrogen) atoms. The van der Waals surface area contributed by atoms with Gasteiger partial charge < -0.3 is 10.1 Å². The molecule has 0 spiro atoms.